The Morgan fingerprint density at radius 3 is 1.11 bits per heavy atom. The molecule has 0 amide bonds. The van der Waals surface area contributed by atoms with E-state index >= 15 is 0 Å². The summed E-state index contributed by atoms with van der Waals surface area (Å²) >= 11 is 12.2. The van der Waals surface area contributed by atoms with E-state index in [-0.39, 0.29) is 69.6 Å². The summed E-state index contributed by atoms with van der Waals surface area (Å²) < 4.78 is 15.5. The Morgan fingerprint density at radius 2 is 0.765 bits per heavy atom. The molecule has 0 aliphatic heterocycles. The van der Waals surface area contributed by atoms with E-state index in [1.54, 1.807) is 60.1 Å². The van der Waals surface area contributed by atoms with E-state index in [1.807, 2.05) is 109 Å². The number of nitrogens with one attached hydrogen (secondary N) is 3. The molecule has 0 unspecified atom stereocenters. The molecule has 14 rings (SSSR count). The number of aldehydes is 1. The molecule has 8 N–H and O–H groups in total. The first-order valence-corrected chi connectivity index (χ1v) is 63.3. The first-order valence-electron chi connectivity index (χ1n) is 42.5. The van der Waals surface area contributed by atoms with Crippen molar-refractivity contribution in [1.82, 2.24) is 28.7 Å². The molecule has 3 heterocycles. The smallest absolute Gasteiger partial charge is 1.00 e. The van der Waals surface area contributed by atoms with Gasteiger partial charge in [0.15, 0.2) is 0 Å². The third-order valence-corrected chi connectivity index (χ3v) is 38.2. The van der Waals surface area contributed by atoms with Crippen molar-refractivity contribution in [2.24, 2.45) is 21.1 Å². The SMILES string of the molecule is BrBr.C.CCC[CH2][Sn]([CH2]CCC)([CH2]CCC)[c]1ccc2c(c1)nc(-c1ccc(N(C)C)cc1)n2C.CN(C)c1ccc(-c2nc3cc(Br)ccc3n2C)cc1.CN(C)c1ccc(C=O)cc1.CNc1ccc(Br)cc1N.CNc1ccc(Br)cc1[N+](=O)[O-].CNc1ccccc1[N+](=O)[O-].CO.Cc1ccc2c(c1)nc(-c1ccc(N(C)C)cc1)n2C.Nc1ccccc1[N+](=O)[O-].[B].[Cl][Sn][Cl].[H-].[Na+]. The van der Waals surface area contributed by atoms with E-state index in [1.165, 1.54) is 121 Å². The molecule has 0 saturated heterocycles. The number of aliphatic hydroxyl groups is 1. The maximum absolute atomic E-state index is 10.5. The molecule has 5 radical (unpaired) electrons. The van der Waals surface area contributed by atoms with Crippen LogP contribution in [0.2, 0.25) is 13.3 Å². The van der Waals surface area contributed by atoms with Gasteiger partial charge in [-0.2, -0.15) is 0 Å². The predicted molar refractivity (Wildman–Crippen MR) is 600 cm³/mol. The molecule has 136 heavy (non-hydrogen) atoms. The van der Waals surface area contributed by atoms with Gasteiger partial charge in [0.25, 0.3) is 17.1 Å². The zero-order valence-electron chi connectivity index (χ0n) is 81.5. The van der Waals surface area contributed by atoms with E-state index in [0.29, 0.717) is 15.8 Å². The number of nitrogens with zero attached hydrogens (tertiary/aromatic N) is 13. The Labute approximate surface area is 890 Å². The summed E-state index contributed by atoms with van der Waals surface area (Å²) in [6.07, 6.45) is 8.98. The van der Waals surface area contributed by atoms with Crippen LogP contribution in [0.25, 0.3) is 67.3 Å². The van der Waals surface area contributed by atoms with Crippen LogP contribution in [0.3, 0.4) is 0 Å². The number of unbranched alkanes of at least 4 members (excludes halogenated alkanes) is 3. The van der Waals surface area contributed by atoms with Gasteiger partial charge in [-0.25, -0.2) is 9.97 Å². The second-order valence-corrected chi connectivity index (χ2v) is 51.1. The standard InChI is InChI=1S/C17H19N3.C16H16BrN3.C16H16N3.C9H11NO.C7H7BrN2O2.C7H9BrN2.C7H8N2O2.C6H6N2O2.3C4H9.CH4O.CH4.B.Br2.2ClH.Na.2Sn.H/c1-12-5-10-16-15(11-12)18-17(20(16)4)13-6-8-14(9-7-13)19(2)3;1-19(2)13-7-4-11(5-8-13)16-18-14-10-12(17)6-9-15(14)20(16)3;1-18(2)13-10-8-12(9-11-13)16-17-14-6-4-5-7-15(14)19(16)3;1-10(2)9-5-3-8(7-11)4-6-9;1-9-6-3-2-5(8)4-7(6)10(11)12;1-10-7-3-2-5(8)4-6(7)9;1-8-6-4-2-3-5-7(6)9(10)11;7-5-3-1-2-4-6(5)8(9)10;3*1-3-4-2;1-2;;;1-2;;;;;;/h5-11H,1-4H3;4-10H,1-3H3;5-11H,1-3H3;3-7H,1-2H3;2-4,9H,1H3;2-4,10H,9H2,1H3;2-5,8H,1H3;1-4H,7H2;3*1,3-4H2,2H3;2H,1H3;1H4;;;2*1H;;;;/q;;;;;;;;;;;;;;;;;+1;;+2;-1/p-2. The summed E-state index contributed by atoms with van der Waals surface area (Å²) in [5.74, 6) is 3.07. The number of nitro groups is 3. The van der Waals surface area contributed by atoms with Gasteiger partial charge < -0.3 is 57.8 Å². The topological polar surface area (TPSA) is 321 Å². The average molecular weight is 2440 g/mol. The van der Waals surface area contributed by atoms with Crippen molar-refractivity contribution in [3.8, 4) is 34.2 Å². The van der Waals surface area contributed by atoms with Crippen molar-refractivity contribution in [2.45, 2.75) is 87.0 Å². The van der Waals surface area contributed by atoms with Crippen LogP contribution in [-0.4, -0.2) is 185 Å². The summed E-state index contributed by atoms with van der Waals surface area (Å²) in [4.78, 5) is 62.9. The van der Waals surface area contributed by atoms with Gasteiger partial charge in [-0.3, -0.25) is 35.1 Å². The number of anilines is 9. The number of hydrogen-bond donors (Lipinski definition) is 6. The molecule has 0 bridgehead atoms. The molecular weight excluding hydrogens is 2310 g/mol. The van der Waals surface area contributed by atoms with Gasteiger partial charge in [-0.05, 0) is 158 Å². The van der Waals surface area contributed by atoms with Crippen LogP contribution in [-0.2, 0) is 21.1 Å². The number of nitrogen functional groups attached to an aromatic ring is 2. The van der Waals surface area contributed by atoms with Crippen molar-refractivity contribution in [3.63, 3.8) is 0 Å². The van der Waals surface area contributed by atoms with Crippen molar-refractivity contribution >= 4 is 251 Å². The van der Waals surface area contributed by atoms with Gasteiger partial charge in [0.05, 0.1) is 48.2 Å². The maximum atomic E-state index is 10.5. The number of carbonyl (C=O) groups is 1. The number of imidazole rings is 3. The molecule has 0 aliphatic rings. The van der Waals surface area contributed by atoms with Gasteiger partial charge in [-0.1, -0.05) is 85.5 Å². The second kappa shape index (κ2) is 66.2. The van der Waals surface area contributed by atoms with Gasteiger partial charge >= 0.3 is 267 Å². The number of fused-ring (bicyclic) bond motifs is 3. The number of aryl methyl sites for hydroxylation is 4. The molecule has 0 fully saturated rings. The third kappa shape index (κ3) is 38.9. The van der Waals surface area contributed by atoms with E-state index < -0.39 is 52.0 Å². The number of para-hydroxylation sites is 4. The molecular formula is C99H128BBr5Cl2N18NaO8Sn2. The molecule has 11 aromatic carbocycles. The second-order valence-electron chi connectivity index (χ2n) is 30.9. The fourth-order valence-corrected chi connectivity index (χ4v) is 30.9. The first kappa shape index (κ1) is 126. The number of hydrogen-bond acceptors (Lipinski definition) is 20. The predicted octanol–water partition coefficient (Wildman–Crippen LogP) is 23.6. The fourth-order valence-electron chi connectivity index (χ4n) is 13.8. The Hall–Kier alpha value is -8.50. The minimum atomic E-state index is -2.44. The Kier molecular flexibility index (Phi) is 61.1. The molecule has 0 saturated carbocycles. The van der Waals surface area contributed by atoms with Gasteiger partial charge in [-0.15, -0.1) is 0 Å². The van der Waals surface area contributed by atoms with Crippen LogP contribution < -0.4 is 80.2 Å². The number of halogens is 7. The number of aromatic nitrogens is 6. The van der Waals surface area contributed by atoms with Crippen molar-refractivity contribution < 1.29 is 55.7 Å². The maximum Gasteiger partial charge on any atom is 1.00 e. The summed E-state index contributed by atoms with van der Waals surface area (Å²) in [5, 5.41) is 46.4. The van der Waals surface area contributed by atoms with Gasteiger partial charge in [0.1, 0.15) is 35.0 Å². The molecule has 3 aromatic heterocycles. The van der Waals surface area contributed by atoms with Crippen LogP contribution in [0.15, 0.2) is 250 Å². The third-order valence-electron chi connectivity index (χ3n) is 21.1. The van der Waals surface area contributed by atoms with Crippen LogP contribution in [0.4, 0.5) is 68.2 Å². The van der Waals surface area contributed by atoms with Gasteiger partial charge in [0, 0.05) is 187 Å². The summed E-state index contributed by atoms with van der Waals surface area (Å²) in [5.41, 5.74) is 31.0. The molecule has 26 nitrogen and oxygen atoms in total. The van der Waals surface area contributed by atoms with Crippen molar-refractivity contribution in [3.05, 3.63) is 291 Å². The largest absolute Gasteiger partial charge is 1.00 e. The van der Waals surface area contributed by atoms with E-state index in [2.05, 4.69) is 299 Å². The van der Waals surface area contributed by atoms with Crippen LogP contribution >= 0.6 is 93.9 Å². The average Bonchev–Trinajstić information content (AvgIpc) is 1.63. The van der Waals surface area contributed by atoms with E-state index in [0.717, 1.165) is 90.1 Å². The minimum Gasteiger partial charge on any atom is -1.00 e. The van der Waals surface area contributed by atoms with Crippen molar-refractivity contribution in [2.75, 3.05) is 132 Å². The van der Waals surface area contributed by atoms with Crippen molar-refractivity contribution in [1.29, 1.82) is 0 Å². The molecule has 0 aliphatic carbocycles. The summed E-state index contributed by atoms with van der Waals surface area (Å²) in [6.45, 7) is 9.16. The van der Waals surface area contributed by atoms with Gasteiger partial charge in [0.2, 0.25) is 0 Å². The Bertz CT molecular complexity index is 5790. The van der Waals surface area contributed by atoms with Crippen LogP contribution in [0.1, 0.15) is 84.1 Å². The van der Waals surface area contributed by atoms with E-state index in [9.17, 15) is 35.1 Å². The minimum absolute atomic E-state index is 0. The number of nitrogens with two attached hydrogens (primary N) is 2. The van der Waals surface area contributed by atoms with Crippen LogP contribution in [0.5, 0.6) is 0 Å². The number of aliphatic hydroxyl groups excluding tert-OH is 1. The zero-order valence-corrected chi connectivity index (χ0v) is 97.6. The summed E-state index contributed by atoms with van der Waals surface area (Å²) in [7, 11) is 38.6. The molecule has 0 spiro atoms. The molecule has 37 heteroatoms. The number of carbonyl (C=O) groups excluding carboxylic acids is 1. The molecule has 14 aromatic rings. The monoisotopic (exact) mass is 2440 g/mol. The normalized spacial score (nSPS) is 9.96. The fraction of sp³-hybridized carbons (Fsp3) is 0.293. The number of benzene rings is 11. The summed E-state index contributed by atoms with van der Waals surface area (Å²) in [6, 6.07) is 76.4. The zero-order chi connectivity index (χ0) is 99.2. The number of rotatable bonds is 24. The molecule has 0 atom stereocenters. The quantitative estimate of drug-likeness (QED) is 0.0108. The first-order chi connectivity index (χ1) is 63.6. The van der Waals surface area contributed by atoms with Crippen LogP contribution in [0, 0.1) is 37.3 Å². The Morgan fingerprint density at radius 1 is 0.449 bits per heavy atom. The Balaban J connectivity index is 0.00000157. The van der Waals surface area contributed by atoms with E-state index in [4.69, 9.17) is 49.4 Å². The molecule has 723 valence electrons. The number of nitro benzene ring substituents is 3.